The van der Waals surface area contributed by atoms with E-state index >= 15 is 0 Å². The molecule has 30 heavy (non-hydrogen) atoms. The standard InChI is InChI=1S/C22H20F3NO4/c1-13(19(28)12-27)26-21(29)15-5-10-18-14(11-15)3-2-4-20(18)30-17-8-6-16(7-9-17)22(23,24)25/h2-11,13,19,27-28H,12H2,1H3,(H,26,29)/t13-,19+/m1/s1. The normalized spacial score (nSPS) is 13.7. The zero-order chi connectivity index (χ0) is 21.9. The summed E-state index contributed by atoms with van der Waals surface area (Å²) < 4.78 is 43.8. The number of ether oxygens (including phenoxy) is 1. The minimum absolute atomic E-state index is 0.254. The Morgan fingerprint density at radius 1 is 1.10 bits per heavy atom. The van der Waals surface area contributed by atoms with Crippen molar-refractivity contribution < 1.29 is 32.9 Å². The Hall–Kier alpha value is -3.10. The number of aliphatic hydroxyl groups is 2. The monoisotopic (exact) mass is 419 g/mol. The van der Waals surface area contributed by atoms with Crippen molar-refractivity contribution in [2.75, 3.05) is 6.61 Å². The third-order valence-electron chi connectivity index (χ3n) is 4.64. The van der Waals surface area contributed by atoms with Crippen LogP contribution in [0.2, 0.25) is 0 Å². The first-order valence-corrected chi connectivity index (χ1v) is 9.16. The number of hydrogen-bond donors (Lipinski definition) is 3. The predicted octanol–water partition coefficient (Wildman–Crippen LogP) is 4.12. The van der Waals surface area contributed by atoms with Crippen LogP contribution in [0.1, 0.15) is 22.8 Å². The van der Waals surface area contributed by atoms with Gasteiger partial charge in [0.15, 0.2) is 0 Å². The fourth-order valence-electron chi connectivity index (χ4n) is 2.87. The smallest absolute Gasteiger partial charge is 0.416 e. The molecule has 8 heteroatoms. The number of carbonyl (C=O) groups excluding carboxylic acids is 1. The van der Waals surface area contributed by atoms with Gasteiger partial charge in [-0.25, -0.2) is 0 Å². The second-order valence-corrected chi connectivity index (χ2v) is 6.83. The van der Waals surface area contributed by atoms with E-state index in [4.69, 9.17) is 9.84 Å². The van der Waals surface area contributed by atoms with Crippen LogP contribution in [0, 0.1) is 0 Å². The van der Waals surface area contributed by atoms with Gasteiger partial charge < -0.3 is 20.3 Å². The van der Waals surface area contributed by atoms with Crippen molar-refractivity contribution in [3.63, 3.8) is 0 Å². The number of halogens is 3. The maximum Gasteiger partial charge on any atom is 0.416 e. The van der Waals surface area contributed by atoms with E-state index in [-0.39, 0.29) is 5.75 Å². The van der Waals surface area contributed by atoms with E-state index in [2.05, 4.69) is 5.32 Å². The molecule has 0 aliphatic heterocycles. The molecule has 3 aromatic carbocycles. The van der Waals surface area contributed by atoms with Gasteiger partial charge in [0, 0.05) is 10.9 Å². The average Bonchev–Trinajstić information content (AvgIpc) is 2.72. The quantitative estimate of drug-likeness (QED) is 0.562. The molecule has 0 bridgehead atoms. The van der Waals surface area contributed by atoms with Crippen molar-refractivity contribution in [3.05, 3.63) is 71.8 Å². The number of fused-ring (bicyclic) bond motifs is 1. The largest absolute Gasteiger partial charge is 0.457 e. The lowest BCUT2D eigenvalue weighted by Gasteiger charge is -2.18. The molecular formula is C22H20F3NO4. The molecule has 0 heterocycles. The minimum atomic E-state index is -4.42. The number of amides is 1. The van der Waals surface area contributed by atoms with Gasteiger partial charge in [-0.15, -0.1) is 0 Å². The molecule has 1 amide bonds. The number of hydrogen-bond acceptors (Lipinski definition) is 4. The van der Waals surface area contributed by atoms with Crippen LogP contribution in [-0.4, -0.2) is 34.9 Å². The number of benzene rings is 3. The third kappa shape index (κ3) is 4.90. The highest BCUT2D eigenvalue weighted by atomic mass is 19.4. The van der Waals surface area contributed by atoms with Crippen LogP contribution in [-0.2, 0) is 6.18 Å². The SMILES string of the molecule is C[C@@H](NC(=O)c1ccc2c(Oc3ccc(C(F)(F)F)cc3)cccc2c1)[C@@H](O)CO. The van der Waals surface area contributed by atoms with Crippen molar-refractivity contribution in [2.24, 2.45) is 0 Å². The Morgan fingerprint density at radius 2 is 1.80 bits per heavy atom. The third-order valence-corrected chi connectivity index (χ3v) is 4.64. The number of rotatable bonds is 6. The lowest BCUT2D eigenvalue weighted by molar-refractivity contribution is -0.137. The topological polar surface area (TPSA) is 78.8 Å². The van der Waals surface area contributed by atoms with Crippen molar-refractivity contribution in [1.29, 1.82) is 0 Å². The average molecular weight is 419 g/mol. The van der Waals surface area contributed by atoms with Crippen LogP contribution in [0.5, 0.6) is 11.5 Å². The molecule has 158 valence electrons. The summed E-state index contributed by atoms with van der Waals surface area (Å²) in [6.07, 6.45) is -5.49. The molecule has 3 rings (SSSR count). The van der Waals surface area contributed by atoms with E-state index < -0.39 is 36.4 Å². The maximum atomic E-state index is 12.7. The molecule has 3 aromatic rings. The molecular weight excluding hydrogens is 399 g/mol. The Balaban J connectivity index is 1.82. The number of alkyl halides is 3. The Bertz CT molecular complexity index is 1030. The first-order chi connectivity index (χ1) is 14.2. The summed E-state index contributed by atoms with van der Waals surface area (Å²) >= 11 is 0. The molecule has 2 atom stereocenters. The van der Waals surface area contributed by atoms with Gasteiger partial charge >= 0.3 is 6.18 Å². The van der Waals surface area contributed by atoms with Crippen molar-refractivity contribution in [2.45, 2.75) is 25.2 Å². The van der Waals surface area contributed by atoms with Crippen LogP contribution < -0.4 is 10.1 Å². The van der Waals surface area contributed by atoms with E-state index in [0.29, 0.717) is 22.1 Å². The Labute approximate surface area is 170 Å². The highest BCUT2D eigenvalue weighted by molar-refractivity contribution is 6.00. The molecule has 3 N–H and O–H groups in total. The van der Waals surface area contributed by atoms with Crippen LogP contribution in [0.15, 0.2) is 60.7 Å². The van der Waals surface area contributed by atoms with Gasteiger partial charge in [-0.1, -0.05) is 12.1 Å². The summed E-state index contributed by atoms with van der Waals surface area (Å²) in [7, 11) is 0. The van der Waals surface area contributed by atoms with Gasteiger partial charge in [0.05, 0.1) is 24.3 Å². The summed E-state index contributed by atoms with van der Waals surface area (Å²) in [5, 5.41) is 22.5. The van der Waals surface area contributed by atoms with E-state index in [1.807, 2.05) is 0 Å². The first kappa shape index (κ1) is 21.6. The van der Waals surface area contributed by atoms with Gasteiger partial charge in [0.2, 0.25) is 0 Å². The van der Waals surface area contributed by atoms with E-state index in [1.165, 1.54) is 12.1 Å². The van der Waals surface area contributed by atoms with Crippen LogP contribution in [0.3, 0.4) is 0 Å². The van der Waals surface area contributed by atoms with Gasteiger partial charge in [0.25, 0.3) is 5.91 Å². The Kier molecular flexibility index (Phi) is 6.28. The van der Waals surface area contributed by atoms with Gasteiger partial charge in [-0.05, 0) is 60.8 Å². The number of aliphatic hydroxyl groups excluding tert-OH is 2. The molecule has 0 spiro atoms. The molecule has 0 unspecified atom stereocenters. The highest BCUT2D eigenvalue weighted by Crippen LogP contribution is 2.33. The van der Waals surface area contributed by atoms with Crippen LogP contribution in [0.4, 0.5) is 13.2 Å². The second kappa shape index (κ2) is 8.73. The molecule has 0 aliphatic carbocycles. The van der Waals surface area contributed by atoms with Crippen molar-refractivity contribution in [3.8, 4) is 11.5 Å². The number of nitrogens with one attached hydrogen (secondary N) is 1. The number of carbonyl (C=O) groups is 1. The van der Waals surface area contributed by atoms with Crippen LogP contribution >= 0.6 is 0 Å². The van der Waals surface area contributed by atoms with Crippen molar-refractivity contribution >= 4 is 16.7 Å². The Morgan fingerprint density at radius 3 is 2.43 bits per heavy atom. The fourth-order valence-corrected chi connectivity index (χ4v) is 2.87. The van der Waals surface area contributed by atoms with Gasteiger partial charge in [-0.3, -0.25) is 4.79 Å². The summed E-state index contributed by atoms with van der Waals surface area (Å²) in [6.45, 7) is 1.11. The summed E-state index contributed by atoms with van der Waals surface area (Å²) in [5.41, 5.74) is -0.407. The van der Waals surface area contributed by atoms with Crippen molar-refractivity contribution in [1.82, 2.24) is 5.32 Å². The van der Waals surface area contributed by atoms with Gasteiger partial charge in [0.1, 0.15) is 11.5 Å². The molecule has 0 fully saturated rings. The van der Waals surface area contributed by atoms with Crippen LogP contribution in [0.25, 0.3) is 10.8 Å². The first-order valence-electron chi connectivity index (χ1n) is 9.16. The maximum absolute atomic E-state index is 12.7. The van der Waals surface area contributed by atoms with Gasteiger partial charge in [-0.2, -0.15) is 13.2 Å². The molecule has 5 nitrogen and oxygen atoms in total. The van der Waals surface area contributed by atoms with E-state index in [9.17, 15) is 23.1 Å². The highest BCUT2D eigenvalue weighted by Gasteiger charge is 2.30. The van der Waals surface area contributed by atoms with E-state index in [0.717, 1.165) is 12.1 Å². The van der Waals surface area contributed by atoms with E-state index in [1.54, 1.807) is 43.3 Å². The molecule has 0 aliphatic rings. The summed E-state index contributed by atoms with van der Waals surface area (Å²) in [5.74, 6) is 0.276. The molecule has 0 saturated heterocycles. The summed E-state index contributed by atoms with van der Waals surface area (Å²) in [6, 6.07) is 13.8. The molecule has 0 aromatic heterocycles. The minimum Gasteiger partial charge on any atom is -0.457 e. The zero-order valence-electron chi connectivity index (χ0n) is 16.0. The summed E-state index contributed by atoms with van der Waals surface area (Å²) in [4.78, 5) is 12.4. The molecule has 0 radical (unpaired) electrons. The zero-order valence-corrected chi connectivity index (χ0v) is 16.0. The second-order valence-electron chi connectivity index (χ2n) is 6.83. The lowest BCUT2D eigenvalue weighted by atomic mass is 10.0. The predicted molar refractivity (Wildman–Crippen MR) is 105 cm³/mol. The fraction of sp³-hybridized carbons (Fsp3) is 0.227. The lowest BCUT2D eigenvalue weighted by Crippen LogP contribution is -2.42. The molecule has 0 saturated carbocycles.